The number of hydrogen-bond acceptors (Lipinski definition) is 5. The number of thiazole rings is 1. The minimum absolute atomic E-state index is 0.265. The first-order chi connectivity index (χ1) is 10.1. The van der Waals surface area contributed by atoms with E-state index in [-0.39, 0.29) is 6.10 Å². The monoisotopic (exact) mass is 303 g/mol. The van der Waals surface area contributed by atoms with Gasteiger partial charge in [-0.3, -0.25) is 0 Å². The molecular weight excluding hydrogens is 282 g/mol. The number of nitrogen functional groups attached to an aromatic ring is 1. The van der Waals surface area contributed by atoms with Crippen LogP contribution in [0.4, 0.5) is 10.8 Å². The van der Waals surface area contributed by atoms with Gasteiger partial charge in [0.25, 0.3) is 0 Å². The minimum atomic E-state index is 0.265. The van der Waals surface area contributed by atoms with Crippen LogP contribution in [0.25, 0.3) is 11.3 Å². The fraction of sp³-hybridized carbons (Fsp3) is 0.438. The van der Waals surface area contributed by atoms with Crippen molar-refractivity contribution < 1.29 is 4.74 Å². The lowest BCUT2D eigenvalue weighted by molar-refractivity contribution is 0.186. The van der Waals surface area contributed by atoms with E-state index in [4.69, 9.17) is 10.5 Å². The fourth-order valence-corrected chi connectivity index (χ4v) is 3.23. The zero-order valence-electron chi connectivity index (χ0n) is 12.7. The maximum atomic E-state index is 6.07. The van der Waals surface area contributed by atoms with E-state index in [2.05, 4.69) is 48.9 Å². The van der Waals surface area contributed by atoms with Gasteiger partial charge in [0, 0.05) is 17.0 Å². The van der Waals surface area contributed by atoms with Gasteiger partial charge < -0.3 is 15.4 Å². The molecular formula is C16H21N3OS. The molecule has 112 valence electrons. The van der Waals surface area contributed by atoms with E-state index in [1.807, 2.05) is 5.38 Å². The van der Waals surface area contributed by atoms with Crippen molar-refractivity contribution in [1.29, 1.82) is 0 Å². The van der Waals surface area contributed by atoms with Gasteiger partial charge in [-0.1, -0.05) is 6.92 Å². The van der Waals surface area contributed by atoms with Gasteiger partial charge in [0.2, 0.25) is 0 Å². The number of anilines is 2. The minimum Gasteiger partial charge on any atom is -0.486 e. The second-order valence-electron chi connectivity index (χ2n) is 5.65. The maximum Gasteiger partial charge on any atom is 0.180 e. The van der Waals surface area contributed by atoms with Crippen LogP contribution in [0.2, 0.25) is 0 Å². The van der Waals surface area contributed by atoms with Crippen molar-refractivity contribution in [2.45, 2.75) is 39.3 Å². The molecule has 0 saturated carbocycles. The van der Waals surface area contributed by atoms with Crippen molar-refractivity contribution in [2.24, 2.45) is 0 Å². The van der Waals surface area contributed by atoms with Gasteiger partial charge >= 0.3 is 0 Å². The predicted molar refractivity (Wildman–Crippen MR) is 89.2 cm³/mol. The molecule has 0 fully saturated rings. The molecule has 2 heterocycles. The van der Waals surface area contributed by atoms with Crippen LogP contribution in [0.3, 0.4) is 0 Å². The second-order valence-corrected chi connectivity index (χ2v) is 6.54. The number of fused-ring (bicyclic) bond motifs is 1. The molecule has 0 amide bonds. The molecule has 0 radical (unpaired) electrons. The standard InChI is InChI=1S/C16H21N3OS/c1-4-12-8-19(10(2)3)14-7-11(5-6-15(14)20-12)13-9-21-16(17)18-13/h5-7,9-10,12H,4,8H2,1-3H3,(H2,17,18). The molecule has 0 bridgehead atoms. The summed E-state index contributed by atoms with van der Waals surface area (Å²) in [5.41, 5.74) is 8.91. The van der Waals surface area contributed by atoms with Gasteiger partial charge in [0.1, 0.15) is 11.9 Å². The van der Waals surface area contributed by atoms with Gasteiger partial charge in [-0.15, -0.1) is 11.3 Å². The Morgan fingerprint density at radius 2 is 2.29 bits per heavy atom. The van der Waals surface area contributed by atoms with Gasteiger partial charge in [-0.2, -0.15) is 0 Å². The van der Waals surface area contributed by atoms with Crippen molar-refractivity contribution >= 4 is 22.2 Å². The fourth-order valence-electron chi connectivity index (χ4n) is 2.66. The smallest absolute Gasteiger partial charge is 0.180 e. The highest BCUT2D eigenvalue weighted by molar-refractivity contribution is 7.13. The largest absolute Gasteiger partial charge is 0.486 e. The lowest BCUT2D eigenvalue weighted by atomic mass is 10.1. The lowest BCUT2D eigenvalue weighted by Gasteiger charge is -2.38. The Labute approximate surface area is 129 Å². The molecule has 5 heteroatoms. The van der Waals surface area contributed by atoms with Crippen LogP contribution in [0.5, 0.6) is 5.75 Å². The summed E-state index contributed by atoms with van der Waals surface area (Å²) >= 11 is 1.47. The summed E-state index contributed by atoms with van der Waals surface area (Å²) in [7, 11) is 0. The first-order valence-electron chi connectivity index (χ1n) is 7.37. The van der Waals surface area contributed by atoms with Crippen LogP contribution >= 0.6 is 11.3 Å². The van der Waals surface area contributed by atoms with E-state index in [1.165, 1.54) is 11.3 Å². The van der Waals surface area contributed by atoms with E-state index in [1.54, 1.807) is 0 Å². The normalized spacial score (nSPS) is 17.7. The third kappa shape index (κ3) is 2.70. The van der Waals surface area contributed by atoms with Gasteiger partial charge in [-0.05, 0) is 38.5 Å². The maximum absolute atomic E-state index is 6.07. The number of nitrogens with two attached hydrogens (primary N) is 1. The van der Waals surface area contributed by atoms with Crippen molar-refractivity contribution in [3.05, 3.63) is 23.6 Å². The first kappa shape index (κ1) is 14.2. The molecule has 2 N–H and O–H groups in total. The van der Waals surface area contributed by atoms with Gasteiger partial charge in [-0.25, -0.2) is 4.98 Å². The molecule has 1 atom stereocenters. The van der Waals surface area contributed by atoms with Crippen LogP contribution in [-0.2, 0) is 0 Å². The molecule has 3 rings (SSSR count). The van der Waals surface area contributed by atoms with Crippen molar-refractivity contribution in [3.63, 3.8) is 0 Å². The molecule has 0 aliphatic carbocycles. The number of hydrogen-bond donors (Lipinski definition) is 1. The third-order valence-corrected chi connectivity index (χ3v) is 4.53. The Balaban J connectivity index is 2.02. The number of aromatic nitrogens is 1. The van der Waals surface area contributed by atoms with E-state index >= 15 is 0 Å². The first-order valence-corrected chi connectivity index (χ1v) is 8.25. The summed E-state index contributed by atoms with van der Waals surface area (Å²) < 4.78 is 6.07. The SMILES string of the molecule is CCC1CN(C(C)C)c2cc(-c3csc(N)n3)ccc2O1. The van der Waals surface area contributed by atoms with Gasteiger partial charge in [0.15, 0.2) is 5.13 Å². The van der Waals surface area contributed by atoms with Crippen LogP contribution < -0.4 is 15.4 Å². The highest BCUT2D eigenvalue weighted by Crippen LogP contribution is 2.38. The van der Waals surface area contributed by atoms with Crippen LogP contribution in [0, 0.1) is 0 Å². The molecule has 1 aromatic carbocycles. The molecule has 0 saturated heterocycles. The van der Waals surface area contributed by atoms with Crippen molar-refractivity contribution in [1.82, 2.24) is 4.98 Å². The topological polar surface area (TPSA) is 51.4 Å². The van der Waals surface area contributed by atoms with E-state index in [0.717, 1.165) is 35.7 Å². The van der Waals surface area contributed by atoms with E-state index in [9.17, 15) is 0 Å². The average Bonchev–Trinajstić information content (AvgIpc) is 2.91. The second kappa shape index (κ2) is 5.56. The van der Waals surface area contributed by atoms with Crippen molar-refractivity contribution in [2.75, 3.05) is 17.2 Å². The lowest BCUT2D eigenvalue weighted by Crippen LogP contribution is -2.43. The van der Waals surface area contributed by atoms with Crippen LogP contribution in [0.1, 0.15) is 27.2 Å². The molecule has 21 heavy (non-hydrogen) atoms. The average molecular weight is 303 g/mol. The Kier molecular flexibility index (Phi) is 3.76. The Hall–Kier alpha value is -1.75. The summed E-state index contributed by atoms with van der Waals surface area (Å²) in [5, 5.41) is 2.60. The molecule has 4 nitrogen and oxygen atoms in total. The zero-order valence-corrected chi connectivity index (χ0v) is 13.5. The summed E-state index contributed by atoms with van der Waals surface area (Å²) in [6.45, 7) is 7.54. The summed E-state index contributed by atoms with van der Waals surface area (Å²) in [4.78, 5) is 6.78. The quantitative estimate of drug-likeness (QED) is 0.937. The highest BCUT2D eigenvalue weighted by Gasteiger charge is 2.26. The molecule has 1 aliphatic rings. The number of nitrogens with zero attached hydrogens (tertiary/aromatic N) is 2. The number of benzene rings is 1. The number of ether oxygens (including phenoxy) is 1. The van der Waals surface area contributed by atoms with Crippen LogP contribution in [-0.4, -0.2) is 23.7 Å². The molecule has 1 aromatic heterocycles. The Morgan fingerprint density at radius 1 is 1.48 bits per heavy atom. The van der Waals surface area contributed by atoms with Crippen molar-refractivity contribution in [3.8, 4) is 17.0 Å². The summed E-state index contributed by atoms with van der Waals surface area (Å²) in [6, 6.07) is 6.72. The van der Waals surface area contributed by atoms with E-state index in [0.29, 0.717) is 11.2 Å². The zero-order chi connectivity index (χ0) is 15.0. The third-order valence-electron chi connectivity index (χ3n) is 3.86. The highest BCUT2D eigenvalue weighted by atomic mass is 32.1. The molecule has 1 aliphatic heterocycles. The Bertz CT molecular complexity index is 638. The van der Waals surface area contributed by atoms with Crippen LogP contribution in [0.15, 0.2) is 23.6 Å². The van der Waals surface area contributed by atoms with E-state index < -0.39 is 0 Å². The van der Waals surface area contributed by atoms with Gasteiger partial charge in [0.05, 0.1) is 17.9 Å². The summed E-state index contributed by atoms with van der Waals surface area (Å²) in [5.74, 6) is 0.966. The molecule has 0 spiro atoms. The Morgan fingerprint density at radius 3 is 2.90 bits per heavy atom. The molecule has 1 unspecified atom stereocenters. The summed E-state index contributed by atoms with van der Waals surface area (Å²) in [6.07, 6.45) is 1.29. The predicted octanol–water partition coefficient (Wildman–Crippen LogP) is 3.78. The number of rotatable bonds is 3. The molecule has 2 aromatic rings.